The van der Waals surface area contributed by atoms with Crippen molar-refractivity contribution in [3.8, 4) is 0 Å². The molecular formula is C15H25N3O2. The van der Waals surface area contributed by atoms with Crippen molar-refractivity contribution in [2.45, 2.75) is 32.5 Å². The minimum absolute atomic E-state index is 0.0277. The molecule has 0 saturated heterocycles. The van der Waals surface area contributed by atoms with Crippen molar-refractivity contribution in [1.29, 1.82) is 0 Å². The van der Waals surface area contributed by atoms with E-state index < -0.39 is 0 Å². The fourth-order valence-electron chi connectivity index (χ4n) is 1.93. The van der Waals surface area contributed by atoms with Crippen LogP contribution in [0, 0.1) is 0 Å². The average molecular weight is 279 g/mol. The van der Waals surface area contributed by atoms with E-state index in [1.54, 1.807) is 0 Å². The summed E-state index contributed by atoms with van der Waals surface area (Å²) in [5, 5.41) is 14.4. The fourth-order valence-corrected chi connectivity index (χ4v) is 1.93. The van der Waals surface area contributed by atoms with Crippen molar-refractivity contribution in [2.24, 2.45) is 0 Å². The van der Waals surface area contributed by atoms with E-state index in [4.69, 9.17) is 5.11 Å². The maximum atomic E-state index is 11.7. The third-order valence-electron chi connectivity index (χ3n) is 2.88. The van der Waals surface area contributed by atoms with Gasteiger partial charge < -0.3 is 20.6 Å². The van der Waals surface area contributed by atoms with Gasteiger partial charge in [-0.05, 0) is 38.6 Å². The molecule has 2 amide bonds. The first-order valence-corrected chi connectivity index (χ1v) is 6.89. The topological polar surface area (TPSA) is 64.6 Å². The van der Waals surface area contributed by atoms with Gasteiger partial charge in [0.15, 0.2) is 0 Å². The van der Waals surface area contributed by atoms with Crippen LogP contribution in [0.5, 0.6) is 0 Å². The Bertz CT molecular complexity index is 421. The molecule has 0 spiro atoms. The molecular weight excluding hydrogens is 254 g/mol. The molecule has 5 nitrogen and oxygen atoms in total. The van der Waals surface area contributed by atoms with Gasteiger partial charge in [-0.25, -0.2) is 4.79 Å². The molecule has 1 rings (SSSR count). The Morgan fingerprint density at radius 1 is 1.35 bits per heavy atom. The standard InChI is InChI=1S/C15H25N3O2/c1-12(7-8-19)17-15(20)16-10-13-5-4-6-14(9-13)11-18(2)3/h4-6,9,12,19H,7-8,10-11H2,1-3H3,(H2,16,17,20)/t12-/m1/s1. The van der Waals surface area contributed by atoms with Crippen LogP contribution in [0.3, 0.4) is 0 Å². The number of nitrogens with zero attached hydrogens (tertiary/aromatic N) is 1. The van der Waals surface area contributed by atoms with Crippen LogP contribution in [0.25, 0.3) is 0 Å². The largest absolute Gasteiger partial charge is 0.396 e. The molecule has 0 aliphatic heterocycles. The van der Waals surface area contributed by atoms with E-state index in [0.29, 0.717) is 13.0 Å². The van der Waals surface area contributed by atoms with Gasteiger partial charge in [0.1, 0.15) is 0 Å². The third-order valence-corrected chi connectivity index (χ3v) is 2.88. The quantitative estimate of drug-likeness (QED) is 0.705. The first kappa shape index (κ1) is 16.5. The molecule has 0 saturated carbocycles. The zero-order valence-corrected chi connectivity index (χ0v) is 12.5. The number of hydrogen-bond donors (Lipinski definition) is 3. The van der Waals surface area contributed by atoms with E-state index in [1.807, 2.05) is 33.2 Å². The Hall–Kier alpha value is -1.59. The fraction of sp³-hybridized carbons (Fsp3) is 0.533. The van der Waals surface area contributed by atoms with Gasteiger partial charge in [0.05, 0.1) is 0 Å². The molecule has 20 heavy (non-hydrogen) atoms. The first-order chi connectivity index (χ1) is 9.51. The lowest BCUT2D eigenvalue weighted by atomic mass is 10.1. The summed E-state index contributed by atoms with van der Waals surface area (Å²) in [7, 11) is 4.06. The molecule has 0 radical (unpaired) electrons. The highest BCUT2D eigenvalue weighted by Crippen LogP contribution is 2.06. The molecule has 1 atom stereocenters. The molecule has 3 N–H and O–H groups in total. The minimum Gasteiger partial charge on any atom is -0.396 e. The smallest absolute Gasteiger partial charge is 0.315 e. The zero-order chi connectivity index (χ0) is 15.0. The van der Waals surface area contributed by atoms with Crippen molar-refractivity contribution >= 4 is 6.03 Å². The van der Waals surface area contributed by atoms with Crippen LogP contribution in [-0.4, -0.2) is 42.8 Å². The number of amides is 2. The van der Waals surface area contributed by atoms with E-state index in [9.17, 15) is 4.79 Å². The molecule has 112 valence electrons. The Labute approximate surface area is 121 Å². The van der Waals surface area contributed by atoms with Gasteiger partial charge in [-0.3, -0.25) is 0 Å². The van der Waals surface area contributed by atoms with E-state index in [2.05, 4.69) is 27.7 Å². The number of aliphatic hydroxyl groups excluding tert-OH is 1. The molecule has 1 aromatic rings. The number of rotatable bonds is 7. The first-order valence-electron chi connectivity index (χ1n) is 6.89. The molecule has 0 aromatic heterocycles. The van der Waals surface area contributed by atoms with Crippen LogP contribution >= 0.6 is 0 Å². The van der Waals surface area contributed by atoms with Gasteiger partial charge in [-0.1, -0.05) is 24.3 Å². The predicted molar refractivity (Wildman–Crippen MR) is 80.4 cm³/mol. The van der Waals surface area contributed by atoms with Gasteiger partial charge in [0.2, 0.25) is 0 Å². The normalized spacial score (nSPS) is 12.2. The number of hydrogen-bond acceptors (Lipinski definition) is 3. The summed E-state index contributed by atoms with van der Waals surface area (Å²) in [5.41, 5.74) is 2.30. The summed E-state index contributed by atoms with van der Waals surface area (Å²) in [5.74, 6) is 0. The Morgan fingerprint density at radius 3 is 2.70 bits per heavy atom. The number of carbonyl (C=O) groups is 1. The van der Waals surface area contributed by atoms with Crippen molar-refractivity contribution in [1.82, 2.24) is 15.5 Å². The Kier molecular flexibility index (Phi) is 7.04. The second kappa shape index (κ2) is 8.55. The summed E-state index contributed by atoms with van der Waals surface area (Å²) in [6.07, 6.45) is 0.561. The van der Waals surface area contributed by atoms with E-state index in [0.717, 1.165) is 12.1 Å². The number of urea groups is 1. The summed E-state index contributed by atoms with van der Waals surface area (Å²) in [4.78, 5) is 13.8. The van der Waals surface area contributed by atoms with Crippen LogP contribution < -0.4 is 10.6 Å². The molecule has 0 heterocycles. The SMILES string of the molecule is C[C@H](CCO)NC(=O)NCc1cccc(CN(C)C)c1. The van der Waals surface area contributed by atoms with Crippen molar-refractivity contribution in [3.05, 3.63) is 35.4 Å². The molecule has 0 unspecified atom stereocenters. The summed E-state index contributed by atoms with van der Waals surface area (Å²) >= 11 is 0. The second-order valence-corrected chi connectivity index (χ2v) is 5.30. The lowest BCUT2D eigenvalue weighted by molar-refractivity contribution is 0.230. The second-order valence-electron chi connectivity index (χ2n) is 5.30. The molecule has 5 heteroatoms. The van der Waals surface area contributed by atoms with Crippen LogP contribution in [-0.2, 0) is 13.1 Å². The van der Waals surface area contributed by atoms with Crippen molar-refractivity contribution < 1.29 is 9.90 Å². The van der Waals surface area contributed by atoms with E-state index in [-0.39, 0.29) is 18.7 Å². The Morgan fingerprint density at radius 2 is 2.05 bits per heavy atom. The highest BCUT2D eigenvalue weighted by molar-refractivity contribution is 5.74. The lowest BCUT2D eigenvalue weighted by Crippen LogP contribution is -2.40. The van der Waals surface area contributed by atoms with Gasteiger partial charge >= 0.3 is 6.03 Å². The highest BCUT2D eigenvalue weighted by Gasteiger charge is 2.06. The van der Waals surface area contributed by atoms with Crippen LogP contribution in [0.15, 0.2) is 24.3 Å². The van der Waals surface area contributed by atoms with Crippen LogP contribution in [0.4, 0.5) is 4.79 Å². The van der Waals surface area contributed by atoms with Gasteiger partial charge in [-0.2, -0.15) is 0 Å². The van der Waals surface area contributed by atoms with E-state index in [1.165, 1.54) is 5.56 Å². The predicted octanol–water partition coefficient (Wildman–Crippen LogP) is 1.32. The monoisotopic (exact) mass is 279 g/mol. The maximum Gasteiger partial charge on any atom is 0.315 e. The molecule has 0 fully saturated rings. The van der Waals surface area contributed by atoms with Crippen LogP contribution in [0.2, 0.25) is 0 Å². The third kappa shape index (κ3) is 6.54. The summed E-state index contributed by atoms with van der Waals surface area (Å²) < 4.78 is 0. The van der Waals surface area contributed by atoms with Crippen molar-refractivity contribution in [3.63, 3.8) is 0 Å². The molecule has 0 aliphatic carbocycles. The number of aliphatic hydroxyl groups is 1. The highest BCUT2D eigenvalue weighted by atomic mass is 16.3. The van der Waals surface area contributed by atoms with Crippen molar-refractivity contribution in [2.75, 3.05) is 20.7 Å². The van der Waals surface area contributed by atoms with Gasteiger partial charge in [-0.15, -0.1) is 0 Å². The van der Waals surface area contributed by atoms with Crippen LogP contribution in [0.1, 0.15) is 24.5 Å². The van der Waals surface area contributed by atoms with Gasteiger partial charge in [0, 0.05) is 25.7 Å². The zero-order valence-electron chi connectivity index (χ0n) is 12.5. The average Bonchev–Trinajstić information content (AvgIpc) is 2.36. The Balaban J connectivity index is 2.43. The number of benzene rings is 1. The summed E-state index contributed by atoms with van der Waals surface area (Å²) in [6.45, 7) is 3.33. The maximum absolute atomic E-state index is 11.7. The molecule has 1 aromatic carbocycles. The summed E-state index contributed by atoms with van der Waals surface area (Å²) in [6, 6.07) is 7.94. The minimum atomic E-state index is -0.205. The lowest BCUT2D eigenvalue weighted by Gasteiger charge is -2.14. The van der Waals surface area contributed by atoms with Gasteiger partial charge in [0.25, 0.3) is 0 Å². The van der Waals surface area contributed by atoms with E-state index >= 15 is 0 Å². The number of carbonyl (C=O) groups excluding carboxylic acids is 1. The molecule has 0 bridgehead atoms. The number of nitrogens with one attached hydrogen (secondary N) is 2. The molecule has 0 aliphatic rings.